The van der Waals surface area contributed by atoms with Gasteiger partial charge in [-0.3, -0.25) is 4.79 Å². The summed E-state index contributed by atoms with van der Waals surface area (Å²) in [6, 6.07) is 0.697. The number of nitrogens with zero attached hydrogens (tertiary/aromatic N) is 3. The Hall–Kier alpha value is -1.40. The standard InChI is InChI=1S/C15H26N4O2/c1-4-21-11-12(2)17-13-6-5-8-19(10-13)14-15(20)18(3)9-7-16-14/h7,9,12-13,17H,4-6,8,10-11H2,1-3H3. The Morgan fingerprint density at radius 3 is 3.14 bits per heavy atom. The summed E-state index contributed by atoms with van der Waals surface area (Å²) in [5, 5.41) is 3.58. The summed E-state index contributed by atoms with van der Waals surface area (Å²) >= 11 is 0. The first kappa shape index (κ1) is 16.0. The zero-order valence-electron chi connectivity index (χ0n) is 13.2. The van der Waals surface area contributed by atoms with E-state index < -0.39 is 0 Å². The van der Waals surface area contributed by atoms with Gasteiger partial charge in [-0.2, -0.15) is 0 Å². The van der Waals surface area contributed by atoms with Crippen LogP contribution < -0.4 is 15.8 Å². The molecule has 0 bridgehead atoms. The zero-order valence-corrected chi connectivity index (χ0v) is 13.2. The van der Waals surface area contributed by atoms with Gasteiger partial charge in [-0.25, -0.2) is 4.98 Å². The van der Waals surface area contributed by atoms with Gasteiger partial charge in [0.1, 0.15) is 0 Å². The SMILES string of the molecule is CCOCC(C)NC1CCCN(c2nccn(C)c2=O)C1. The largest absolute Gasteiger partial charge is 0.380 e. The average molecular weight is 294 g/mol. The molecule has 21 heavy (non-hydrogen) atoms. The van der Waals surface area contributed by atoms with Gasteiger partial charge in [-0.1, -0.05) is 0 Å². The van der Waals surface area contributed by atoms with Gasteiger partial charge in [0.15, 0.2) is 5.82 Å². The van der Waals surface area contributed by atoms with E-state index in [1.807, 2.05) is 6.92 Å². The molecule has 0 radical (unpaired) electrons. The van der Waals surface area contributed by atoms with Crippen LogP contribution >= 0.6 is 0 Å². The van der Waals surface area contributed by atoms with Gasteiger partial charge in [0, 0.05) is 51.2 Å². The highest BCUT2D eigenvalue weighted by atomic mass is 16.5. The van der Waals surface area contributed by atoms with Crippen LogP contribution in [0.25, 0.3) is 0 Å². The lowest BCUT2D eigenvalue weighted by atomic mass is 10.0. The van der Waals surface area contributed by atoms with Crippen molar-refractivity contribution in [1.29, 1.82) is 0 Å². The van der Waals surface area contributed by atoms with Crippen molar-refractivity contribution in [3.05, 3.63) is 22.7 Å². The normalized spacial score (nSPS) is 20.5. The van der Waals surface area contributed by atoms with Crippen LogP contribution in [-0.4, -0.2) is 47.9 Å². The quantitative estimate of drug-likeness (QED) is 0.839. The number of anilines is 1. The van der Waals surface area contributed by atoms with E-state index in [2.05, 4.69) is 22.1 Å². The fraction of sp³-hybridized carbons (Fsp3) is 0.733. The minimum Gasteiger partial charge on any atom is -0.380 e. The Bertz CT molecular complexity index is 503. The van der Waals surface area contributed by atoms with Gasteiger partial charge in [-0.15, -0.1) is 0 Å². The monoisotopic (exact) mass is 294 g/mol. The first-order valence-electron chi connectivity index (χ1n) is 7.72. The molecule has 0 spiro atoms. The number of aryl methyl sites for hydroxylation is 1. The molecule has 2 rings (SSSR count). The lowest BCUT2D eigenvalue weighted by Crippen LogP contribution is -2.51. The summed E-state index contributed by atoms with van der Waals surface area (Å²) in [4.78, 5) is 18.5. The third-order valence-electron chi connectivity index (χ3n) is 3.81. The molecule has 2 atom stereocenters. The maximum Gasteiger partial charge on any atom is 0.293 e. The average Bonchev–Trinajstić information content (AvgIpc) is 2.48. The molecule has 1 aromatic heterocycles. The molecular weight excluding hydrogens is 268 g/mol. The highest BCUT2D eigenvalue weighted by Crippen LogP contribution is 2.15. The van der Waals surface area contributed by atoms with Gasteiger partial charge in [0.05, 0.1) is 6.61 Å². The number of piperidine rings is 1. The molecule has 0 aromatic carbocycles. The van der Waals surface area contributed by atoms with E-state index in [9.17, 15) is 4.79 Å². The van der Waals surface area contributed by atoms with E-state index in [-0.39, 0.29) is 5.56 Å². The summed E-state index contributed by atoms with van der Waals surface area (Å²) in [5.74, 6) is 0.559. The molecule has 1 saturated heterocycles. The first-order chi connectivity index (χ1) is 10.1. The van der Waals surface area contributed by atoms with Gasteiger partial charge in [0.2, 0.25) is 0 Å². The molecule has 2 heterocycles. The molecule has 1 N–H and O–H groups in total. The molecule has 118 valence electrons. The van der Waals surface area contributed by atoms with Crippen molar-refractivity contribution in [2.75, 3.05) is 31.2 Å². The Kier molecular flexibility index (Phi) is 5.76. The predicted octanol–water partition coefficient (Wildman–Crippen LogP) is 0.764. The predicted molar refractivity (Wildman–Crippen MR) is 83.8 cm³/mol. The van der Waals surface area contributed by atoms with Crippen molar-refractivity contribution in [1.82, 2.24) is 14.9 Å². The second-order valence-electron chi connectivity index (χ2n) is 5.68. The van der Waals surface area contributed by atoms with E-state index in [0.717, 1.165) is 39.1 Å². The second kappa shape index (κ2) is 7.56. The third-order valence-corrected chi connectivity index (χ3v) is 3.81. The Morgan fingerprint density at radius 2 is 2.38 bits per heavy atom. The number of nitrogens with one attached hydrogen (secondary N) is 1. The minimum absolute atomic E-state index is 0.0273. The molecule has 1 aromatic rings. The van der Waals surface area contributed by atoms with Crippen molar-refractivity contribution in [2.45, 2.75) is 38.8 Å². The number of hydrogen-bond donors (Lipinski definition) is 1. The van der Waals surface area contributed by atoms with Gasteiger partial charge in [0.25, 0.3) is 5.56 Å². The van der Waals surface area contributed by atoms with Crippen LogP contribution in [0.2, 0.25) is 0 Å². The maximum absolute atomic E-state index is 12.2. The van der Waals surface area contributed by atoms with E-state index in [1.165, 1.54) is 0 Å². The van der Waals surface area contributed by atoms with Gasteiger partial charge in [-0.05, 0) is 26.7 Å². The molecule has 0 amide bonds. The summed E-state index contributed by atoms with van der Waals surface area (Å²) in [6.07, 6.45) is 5.57. The molecule has 2 unspecified atom stereocenters. The van der Waals surface area contributed by atoms with Crippen molar-refractivity contribution in [2.24, 2.45) is 7.05 Å². The van der Waals surface area contributed by atoms with E-state index in [0.29, 0.717) is 17.9 Å². The number of ether oxygens (including phenoxy) is 1. The fourth-order valence-corrected chi connectivity index (χ4v) is 2.75. The van der Waals surface area contributed by atoms with Gasteiger partial charge < -0.3 is 19.5 Å². The lowest BCUT2D eigenvalue weighted by Gasteiger charge is -2.35. The molecule has 6 heteroatoms. The van der Waals surface area contributed by atoms with Crippen LogP contribution in [0.4, 0.5) is 5.82 Å². The Morgan fingerprint density at radius 1 is 1.57 bits per heavy atom. The van der Waals surface area contributed by atoms with Gasteiger partial charge >= 0.3 is 0 Å². The van der Waals surface area contributed by atoms with Crippen LogP contribution in [0.3, 0.4) is 0 Å². The molecule has 0 aliphatic carbocycles. The lowest BCUT2D eigenvalue weighted by molar-refractivity contribution is 0.122. The summed E-state index contributed by atoms with van der Waals surface area (Å²) in [7, 11) is 1.76. The van der Waals surface area contributed by atoms with E-state index in [4.69, 9.17) is 4.74 Å². The summed E-state index contributed by atoms with van der Waals surface area (Å²) < 4.78 is 7.02. The van der Waals surface area contributed by atoms with E-state index in [1.54, 1.807) is 24.0 Å². The summed E-state index contributed by atoms with van der Waals surface area (Å²) in [6.45, 7) is 7.32. The number of hydrogen-bond acceptors (Lipinski definition) is 5. The number of rotatable bonds is 6. The minimum atomic E-state index is -0.0273. The molecule has 0 saturated carbocycles. The first-order valence-corrected chi connectivity index (χ1v) is 7.72. The van der Waals surface area contributed by atoms with Crippen molar-refractivity contribution in [3.8, 4) is 0 Å². The van der Waals surface area contributed by atoms with Crippen LogP contribution in [0.1, 0.15) is 26.7 Å². The molecule has 1 fully saturated rings. The third kappa shape index (κ3) is 4.28. The van der Waals surface area contributed by atoms with Crippen LogP contribution in [0, 0.1) is 0 Å². The fourth-order valence-electron chi connectivity index (χ4n) is 2.75. The van der Waals surface area contributed by atoms with Crippen molar-refractivity contribution in [3.63, 3.8) is 0 Å². The topological polar surface area (TPSA) is 59.4 Å². The Labute approximate surface area is 126 Å². The Balaban J connectivity index is 1.97. The van der Waals surface area contributed by atoms with E-state index >= 15 is 0 Å². The maximum atomic E-state index is 12.2. The highest BCUT2D eigenvalue weighted by Gasteiger charge is 2.23. The van der Waals surface area contributed by atoms with Crippen LogP contribution in [0.5, 0.6) is 0 Å². The smallest absolute Gasteiger partial charge is 0.293 e. The van der Waals surface area contributed by atoms with Crippen molar-refractivity contribution >= 4 is 5.82 Å². The number of aromatic nitrogens is 2. The molecule has 1 aliphatic rings. The van der Waals surface area contributed by atoms with Crippen LogP contribution in [0.15, 0.2) is 17.2 Å². The summed E-state index contributed by atoms with van der Waals surface area (Å²) in [5.41, 5.74) is -0.0273. The van der Waals surface area contributed by atoms with Crippen molar-refractivity contribution < 1.29 is 4.74 Å². The zero-order chi connectivity index (χ0) is 15.2. The van der Waals surface area contributed by atoms with Crippen LogP contribution in [-0.2, 0) is 11.8 Å². The second-order valence-corrected chi connectivity index (χ2v) is 5.68. The highest BCUT2D eigenvalue weighted by molar-refractivity contribution is 5.36. The molecular formula is C15H26N4O2. The molecule has 6 nitrogen and oxygen atoms in total. The molecule has 1 aliphatic heterocycles.